The summed E-state index contributed by atoms with van der Waals surface area (Å²) in [6.45, 7) is 13.0. The van der Waals surface area contributed by atoms with Gasteiger partial charge in [0.15, 0.2) is 0 Å². The molecule has 1 aromatic carbocycles. The lowest BCUT2D eigenvalue weighted by atomic mass is 9.99. The highest BCUT2D eigenvalue weighted by molar-refractivity contribution is 7.09. The summed E-state index contributed by atoms with van der Waals surface area (Å²) in [7, 11) is 0. The number of thiazole rings is 1. The summed E-state index contributed by atoms with van der Waals surface area (Å²) in [6.07, 6.45) is 3.73. The van der Waals surface area contributed by atoms with Crippen LogP contribution in [0.25, 0.3) is 22.2 Å². The summed E-state index contributed by atoms with van der Waals surface area (Å²) < 4.78 is 17.0. The van der Waals surface area contributed by atoms with Gasteiger partial charge in [-0.15, -0.1) is 11.3 Å². The van der Waals surface area contributed by atoms with Gasteiger partial charge in [-0.05, 0) is 58.1 Å². The van der Waals surface area contributed by atoms with Gasteiger partial charge in [-0.2, -0.15) is 0 Å². The Morgan fingerprint density at radius 3 is 2.54 bits per heavy atom. The number of fused-ring (bicyclic) bond motifs is 1. The van der Waals surface area contributed by atoms with E-state index in [1.165, 1.54) is 17.6 Å². The largest absolute Gasteiger partial charge is 0.463 e. The van der Waals surface area contributed by atoms with Gasteiger partial charge < -0.3 is 19.2 Å². The van der Waals surface area contributed by atoms with Crippen LogP contribution in [-0.2, 0) is 16.0 Å². The quantitative estimate of drug-likeness (QED) is 0.252. The van der Waals surface area contributed by atoms with Gasteiger partial charge in [-0.25, -0.2) is 14.6 Å². The molecule has 0 aliphatic rings. The fourth-order valence-corrected chi connectivity index (χ4v) is 4.41. The second-order valence-electron chi connectivity index (χ2n) is 10.2. The van der Waals surface area contributed by atoms with E-state index in [0.717, 1.165) is 23.4 Å². The number of carbonyl (C=O) groups is 2. The zero-order chi connectivity index (χ0) is 27.3. The first-order valence-electron chi connectivity index (χ1n) is 12.7. The van der Waals surface area contributed by atoms with Crippen LogP contribution in [0.5, 0.6) is 5.75 Å². The summed E-state index contributed by atoms with van der Waals surface area (Å²) in [5.74, 6) is -0.485. The highest BCUT2D eigenvalue weighted by Gasteiger charge is 2.30. The van der Waals surface area contributed by atoms with E-state index in [9.17, 15) is 14.4 Å². The third-order valence-corrected chi connectivity index (χ3v) is 6.77. The maximum Gasteiger partial charge on any atom is 0.408 e. The fraction of sp³-hybridized carbons (Fsp3) is 0.500. The van der Waals surface area contributed by atoms with Crippen molar-refractivity contribution in [3.8, 4) is 17.0 Å². The predicted octanol–water partition coefficient (Wildman–Crippen LogP) is 6.41. The second-order valence-corrected chi connectivity index (χ2v) is 11.3. The number of amides is 1. The number of rotatable bonds is 9. The molecule has 37 heavy (non-hydrogen) atoms. The highest BCUT2D eigenvalue weighted by Crippen LogP contribution is 2.29. The first-order valence-corrected chi connectivity index (χ1v) is 13.5. The van der Waals surface area contributed by atoms with Gasteiger partial charge >= 0.3 is 12.1 Å². The molecule has 0 saturated heterocycles. The number of aromatic nitrogens is 1. The molecular formula is C28H36N2O6S. The summed E-state index contributed by atoms with van der Waals surface area (Å²) in [5.41, 5.74) is 1.11. The van der Waals surface area contributed by atoms with Crippen molar-refractivity contribution in [3.05, 3.63) is 44.6 Å². The molecule has 0 aliphatic heterocycles. The molecule has 0 aliphatic carbocycles. The Bertz CT molecular complexity index is 1320. The standard InChI is InChI=1S/C28H36N2O6S/c1-8-10-11-18-12-19-23(34-14-20(25(19)31)21-15-37-17(4)29-21)13-22(18)35-26(32)24(16(3)9-2)30-27(33)36-28(5,6)7/h12-16,24H,8-11H2,1-7H3,(H,30,33)/t16?,24-/m1/s1. The van der Waals surface area contributed by atoms with Gasteiger partial charge in [0.05, 0.1) is 21.7 Å². The number of hydrogen-bond acceptors (Lipinski definition) is 8. The average Bonchev–Trinajstić information content (AvgIpc) is 3.25. The lowest BCUT2D eigenvalue weighted by Crippen LogP contribution is -2.48. The molecule has 2 aromatic heterocycles. The summed E-state index contributed by atoms with van der Waals surface area (Å²) in [4.78, 5) is 43.4. The second kappa shape index (κ2) is 11.9. The highest BCUT2D eigenvalue weighted by atomic mass is 32.1. The van der Waals surface area contributed by atoms with Crippen molar-refractivity contribution in [1.29, 1.82) is 0 Å². The maximum atomic E-state index is 13.3. The Kier molecular flexibility index (Phi) is 9.12. The molecule has 3 rings (SSSR count). The number of hydrogen-bond donors (Lipinski definition) is 1. The minimum absolute atomic E-state index is 0.189. The molecule has 0 saturated carbocycles. The van der Waals surface area contributed by atoms with Crippen molar-refractivity contribution in [2.24, 2.45) is 5.92 Å². The van der Waals surface area contributed by atoms with Crippen molar-refractivity contribution < 1.29 is 23.5 Å². The number of esters is 1. The van der Waals surface area contributed by atoms with Gasteiger partial charge in [0.25, 0.3) is 0 Å². The minimum atomic E-state index is -0.906. The molecular weight excluding hydrogens is 492 g/mol. The van der Waals surface area contributed by atoms with Gasteiger partial charge in [0.1, 0.15) is 29.2 Å². The van der Waals surface area contributed by atoms with E-state index in [0.29, 0.717) is 40.8 Å². The number of unbranched alkanes of at least 4 members (excludes halogenated alkanes) is 1. The predicted molar refractivity (Wildman–Crippen MR) is 145 cm³/mol. The number of aryl methyl sites for hydroxylation is 2. The lowest BCUT2D eigenvalue weighted by Gasteiger charge is -2.26. The number of nitrogens with zero attached hydrogens (tertiary/aromatic N) is 1. The third-order valence-electron chi connectivity index (χ3n) is 6.00. The normalized spacial score (nSPS) is 13.3. The maximum absolute atomic E-state index is 13.3. The van der Waals surface area contributed by atoms with Crippen LogP contribution in [0.2, 0.25) is 0 Å². The molecule has 3 aromatic rings. The SMILES string of the molecule is CCCCc1cc2c(=O)c(-c3csc(C)n3)coc2cc1OC(=O)[C@H](NC(=O)OC(C)(C)C)C(C)CC. The van der Waals surface area contributed by atoms with Crippen LogP contribution in [0.4, 0.5) is 4.79 Å². The Balaban J connectivity index is 1.97. The van der Waals surface area contributed by atoms with E-state index in [4.69, 9.17) is 13.9 Å². The molecule has 1 unspecified atom stereocenters. The van der Waals surface area contributed by atoms with E-state index in [-0.39, 0.29) is 11.3 Å². The lowest BCUT2D eigenvalue weighted by molar-refractivity contribution is -0.138. The van der Waals surface area contributed by atoms with Crippen molar-refractivity contribution >= 4 is 34.4 Å². The first kappa shape index (κ1) is 28.4. The average molecular weight is 529 g/mol. The molecule has 0 radical (unpaired) electrons. The Hall–Kier alpha value is -3.20. The molecule has 0 bridgehead atoms. The zero-order valence-corrected chi connectivity index (χ0v) is 23.4. The van der Waals surface area contributed by atoms with Crippen LogP contribution in [0.1, 0.15) is 71.4 Å². The van der Waals surface area contributed by atoms with Crippen molar-refractivity contribution in [1.82, 2.24) is 10.3 Å². The number of alkyl carbamates (subject to hydrolysis) is 1. The van der Waals surface area contributed by atoms with E-state index in [1.54, 1.807) is 32.9 Å². The van der Waals surface area contributed by atoms with Crippen LogP contribution < -0.4 is 15.5 Å². The molecule has 9 heteroatoms. The number of ether oxygens (including phenoxy) is 2. The van der Waals surface area contributed by atoms with Crippen molar-refractivity contribution in [2.45, 2.75) is 85.8 Å². The Morgan fingerprint density at radius 1 is 1.22 bits per heavy atom. The van der Waals surface area contributed by atoms with Gasteiger partial charge in [-0.3, -0.25) is 4.79 Å². The van der Waals surface area contributed by atoms with Crippen LogP contribution in [0.15, 0.2) is 33.0 Å². The third kappa shape index (κ3) is 7.19. The number of carbonyl (C=O) groups excluding carboxylic acids is 2. The Morgan fingerprint density at radius 2 is 1.95 bits per heavy atom. The van der Waals surface area contributed by atoms with Gasteiger partial charge in [0.2, 0.25) is 5.43 Å². The molecule has 200 valence electrons. The van der Waals surface area contributed by atoms with Crippen LogP contribution >= 0.6 is 11.3 Å². The summed E-state index contributed by atoms with van der Waals surface area (Å²) in [6, 6.07) is 2.41. The zero-order valence-electron chi connectivity index (χ0n) is 22.6. The van der Waals surface area contributed by atoms with Gasteiger partial charge in [-0.1, -0.05) is 33.6 Å². The molecule has 0 spiro atoms. The smallest absolute Gasteiger partial charge is 0.408 e. The van der Waals surface area contributed by atoms with Crippen molar-refractivity contribution in [3.63, 3.8) is 0 Å². The number of nitrogens with one attached hydrogen (secondary N) is 1. The van der Waals surface area contributed by atoms with Crippen LogP contribution in [0.3, 0.4) is 0 Å². The molecule has 2 atom stereocenters. The monoisotopic (exact) mass is 528 g/mol. The van der Waals surface area contributed by atoms with E-state index < -0.39 is 23.7 Å². The first-order chi connectivity index (χ1) is 17.4. The molecule has 1 amide bonds. The van der Waals surface area contributed by atoms with Crippen LogP contribution in [-0.4, -0.2) is 28.7 Å². The van der Waals surface area contributed by atoms with Crippen molar-refractivity contribution in [2.75, 3.05) is 0 Å². The molecule has 2 heterocycles. The van der Waals surface area contributed by atoms with Crippen LogP contribution in [0, 0.1) is 12.8 Å². The minimum Gasteiger partial charge on any atom is -0.463 e. The topological polar surface area (TPSA) is 108 Å². The van der Waals surface area contributed by atoms with Gasteiger partial charge in [0, 0.05) is 11.4 Å². The van der Waals surface area contributed by atoms with E-state index >= 15 is 0 Å². The number of benzene rings is 1. The molecule has 0 fully saturated rings. The molecule has 8 nitrogen and oxygen atoms in total. The fourth-order valence-electron chi connectivity index (χ4n) is 3.80. The summed E-state index contributed by atoms with van der Waals surface area (Å²) >= 11 is 1.46. The summed E-state index contributed by atoms with van der Waals surface area (Å²) in [5, 5.41) is 5.75. The van der Waals surface area contributed by atoms with E-state index in [1.807, 2.05) is 26.2 Å². The van der Waals surface area contributed by atoms with E-state index in [2.05, 4.69) is 17.2 Å². The Labute approximate surface area is 221 Å². The molecule has 1 N–H and O–H groups in total.